The second-order valence-corrected chi connectivity index (χ2v) is 12.1. The van der Waals surface area contributed by atoms with Crippen molar-refractivity contribution in [2.45, 2.75) is 12.5 Å². The first-order valence-electron chi connectivity index (χ1n) is 15.9. The fourth-order valence-corrected chi connectivity index (χ4v) is 7.35. The Kier molecular flexibility index (Phi) is 6.31. The summed E-state index contributed by atoms with van der Waals surface area (Å²) in [6.07, 6.45) is 20.7. The lowest BCUT2D eigenvalue weighted by Gasteiger charge is -2.28. The van der Waals surface area contributed by atoms with Crippen molar-refractivity contribution < 1.29 is 0 Å². The van der Waals surface area contributed by atoms with E-state index in [0.717, 1.165) is 24.2 Å². The van der Waals surface area contributed by atoms with Crippen molar-refractivity contribution in [1.82, 2.24) is 14.9 Å². The van der Waals surface area contributed by atoms with E-state index in [2.05, 4.69) is 159 Å². The van der Waals surface area contributed by atoms with E-state index in [1.54, 1.807) is 0 Å². The van der Waals surface area contributed by atoms with Crippen LogP contribution in [0.1, 0.15) is 29.2 Å². The molecule has 46 heavy (non-hydrogen) atoms. The van der Waals surface area contributed by atoms with E-state index < -0.39 is 0 Å². The Balaban J connectivity index is 1.29. The van der Waals surface area contributed by atoms with E-state index in [1.807, 2.05) is 18.5 Å². The van der Waals surface area contributed by atoms with E-state index in [-0.39, 0.29) is 6.04 Å². The van der Waals surface area contributed by atoms with E-state index in [4.69, 9.17) is 0 Å². The highest BCUT2D eigenvalue weighted by atomic mass is 15.1. The molecule has 1 aliphatic carbocycles. The molecule has 4 heterocycles. The number of benzene rings is 4. The molecule has 4 heteroatoms. The average Bonchev–Trinajstić information content (AvgIpc) is 3.37. The van der Waals surface area contributed by atoms with Crippen LogP contribution in [0.2, 0.25) is 0 Å². The Morgan fingerprint density at radius 3 is 2.46 bits per heavy atom. The standard InChI is InChI=1S/C42H32N4/c1-2-13-34(14-3-1)45-38-16-6-4-10-29(38)18-19-37-40(45)20-21-41-42(37)36-15-5-7-17-39(36)46(41)35-25-32(30-11-8-22-43-27-30)24-33(26-35)31-12-9-23-44-28-31/h1-22,24-25,27-28,35,44H,23,26H2. The molecule has 9 rings (SSSR count). The third-order valence-electron chi connectivity index (χ3n) is 9.37. The quantitative estimate of drug-likeness (QED) is 0.221. The van der Waals surface area contributed by atoms with Gasteiger partial charge in [0.1, 0.15) is 0 Å². The molecule has 0 spiro atoms. The summed E-state index contributed by atoms with van der Waals surface area (Å²) >= 11 is 0. The number of hydrogen-bond acceptors (Lipinski definition) is 3. The molecular formula is C42H32N4. The first-order valence-corrected chi connectivity index (χ1v) is 15.9. The third-order valence-corrected chi connectivity index (χ3v) is 9.37. The number of dihydropyridines is 1. The first-order chi connectivity index (χ1) is 22.8. The van der Waals surface area contributed by atoms with Gasteiger partial charge in [-0.3, -0.25) is 4.98 Å². The Morgan fingerprint density at radius 1 is 0.717 bits per heavy atom. The number of fused-ring (bicyclic) bond motifs is 6. The third kappa shape index (κ3) is 4.33. The number of anilines is 3. The van der Waals surface area contributed by atoms with Gasteiger partial charge in [0.15, 0.2) is 0 Å². The lowest BCUT2D eigenvalue weighted by Crippen LogP contribution is -2.15. The van der Waals surface area contributed by atoms with Crippen LogP contribution >= 0.6 is 0 Å². The Labute approximate surface area is 268 Å². The SMILES string of the molecule is C1=CC(C2=CC(c3cccnc3)=CC(n3c4ccccc4c4c5c(ccc43)N(c3ccccc3)c3ccccc3C=C5)C2)=CNC1. The van der Waals surface area contributed by atoms with Crippen molar-refractivity contribution in [3.63, 3.8) is 0 Å². The van der Waals surface area contributed by atoms with Gasteiger partial charge in [0, 0.05) is 52.7 Å². The van der Waals surface area contributed by atoms with Crippen LogP contribution in [0.4, 0.5) is 17.1 Å². The van der Waals surface area contributed by atoms with Gasteiger partial charge in [0.25, 0.3) is 0 Å². The molecular weight excluding hydrogens is 560 g/mol. The number of hydrogen-bond donors (Lipinski definition) is 1. The van der Waals surface area contributed by atoms with E-state index in [1.165, 1.54) is 61.0 Å². The van der Waals surface area contributed by atoms with Gasteiger partial charge < -0.3 is 14.8 Å². The summed E-state index contributed by atoms with van der Waals surface area (Å²) < 4.78 is 2.56. The lowest BCUT2D eigenvalue weighted by atomic mass is 9.87. The van der Waals surface area contributed by atoms with Crippen molar-refractivity contribution >= 4 is 56.6 Å². The topological polar surface area (TPSA) is 33.1 Å². The van der Waals surface area contributed by atoms with Gasteiger partial charge >= 0.3 is 0 Å². The summed E-state index contributed by atoms with van der Waals surface area (Å²) in [5.74, 6) is 0. The van der Waals surface area contributed by atoms with Crippen LogP contribution in [-0.4, -0.2) is 16.1 Å². The molecule has 0 saturated carbocycles. The van der Waals surface area contributed by atoms with Crippen molar-refractivity contribution in [2.75, 3.05) is 11.4 Å². The highest BCUT2D eigenvalue weighted by Crippen LogP contribution is 2.48. The summed E-state index contributed by atoms with van der Waals surface area (Å²) in [7, 11) is 0. The number of aromatic nitrogens is 2. The molecule has 0 amide bonds. The minimum Gasteiger partial charge on any atom is -0.387 e. The minimum atomic E-state index is 0.115. The minimum absolute atomic E-state index is 0.115. The zero-order valence-corrected chi connectivity index (χ0v) is 25.3. The summed E-state index contributed by atoms with van der Waals surface area (Å²) in [4.78, 5) is 6.87. The Hall–Kier alpha value is -5.87. The summed E-state index contributed by atoms with van der Waals surface area (Å²) in [5, 5.41) is 5.97. The van der Waals surface area contributed by atoms with Crippen LogP contribution in [0.3, 0.4) is 0 Å². The van der Waals surface area contributed by atoms with Crippen LogP contribution in [-0.2, 0) is 0 Å². The normalized spacial score (nSPS) is 17.1. The Morgan fingerprint density at radius 2 is 1.59 bits per heavy atom. The number of rotatable bonds is 4. The number of nitrogens with one attached hydrogen (secondary N) is 1. The van der Waals surface area contributed by atoms with Crippen LogP contribution in [0.15, 0.2) is 157 Å². The second-order valence-electron chi connectivity index (χ2n) is 12.1. The molecule has 4 aromatic carbocycles. The number of pyridine rings is 1. The highest BCUT2D eigenvalue weighted by molar-refractivity contribution is 6.16. The van der Waals surface area contributed by atoms with Gasteiger partial charge in [-0.15, -0.1) is 0 Å². The molecule has 1 unspecified atom stereocenters. The maximum absolute atomic E-state index is 4.46. The molecule has 6 aromatic rings. The molecule has 0 fully saturated rings. The van der Waals surface area contributed by atoms with E-state index in [0.29, 0.717) is 0 Å². The molecule has 4 nitrogen and oxygen atoms in total. The molecule has 1 atom stereocenters. The van der Waals surface area contributed by atoms with Gasteiger partial charge in [-0.05, 0) is 76.7 Å². The van der Waals surface area contributed by atoms with Crippen LogP contribution in [0, 0.1) is 0 Å². The summed E-state index contributed by atoms with van der Waals surface area (Å²) in [6.45, 7) is 0.862. The molecule has 3 aliphatic rings. The predicted molar refractivity (Wildman–Crippen MR) is 192 cm³/mol. The van der Waals surface area contributed by atoms with Crippen LogP contribution in [0.25, 0.3) is 39.5 Å². The maximum atomic E-state index is 4.46. The lowest BCUT2D eigenvalue weighted by molar-refractivity contribution is 0.635. The Bertz CT molecular complexity index is 2280. The van der Waals surface area contributed by atoms with Crippen molar-refractivity contribution in [3.05, 3.63) is 174 Å². The molecule has 0 radical (unpaired) electrons. The smallest absolute Gasteiger partial charge is 0.0572 e. The van der Waals surface area contributed by atoms with Crippen LogP contribution in [0.5, 0.6) is 0 Å². The van der Waals surface area contributed by atoms with Crippen LogP contribution < -0.4 is 10.2 Å². The number of para-hydroxylation sites is 3. The molecule has 0 saturated heterocycles. The van der Waals surface area contributed by atoms with Crippen molar-refractivity contribution in [2.24, 2.45) is 0 Å². The van der Waals surface area contributed by atoms with Gasteiger partial charge in [0.05, 0.1) is 22.9 Å². The zero-order valence-electron chi connectivity index (χ0n) is 25.3. The number of nitrogens with zero attached hydrogens (tertiary/aromatic N) is 3. The first kappa shape index (κ1) is 26.5. The summed E-state index contributed by atoms with van der Waals surface area (Å²) in [5.41, 5.74) is 13.3. The van der Waals surface area contributed by atoms with Gasteiger partial charge in [-0.2, -0.15) is 0 Å². The molecule has 0 bridgehead atoms. The fraction of sp³-hybridized carbons (Fsp3) is 0.0714. The molecule has 220 valence electrons. The molecule has 1 N–H and O–H groups in total. The van der Waals surface area contributed by atoms with Crippen molar-refractivity contribution in [1.29, 1.82) is 0 Å². The van der Waals surface area contributed by atoms with Gasteiger partial charge in [-0.25, -0.2) is 0 Å². The van der Waals surface area contributed by atoms with E-state index >= 15 is 0 Å². The average molecular weight is 593 g/mol. The van der Waals surface area contributed by atoms with Gasteiger partial charge in [0.2, 0.25) is 0 Å². The summed E-state index contributed by atoms with van der Waals surface area (Å²) in [6, 6.07) is 37.2. The zero-order chi connectivity index (χ0) is 30.5. The van der Waals surface area contributed by atoms with E-state index in [9.17, 15) is 0 Å². The molecule has 2 aliphatic heterocycles. The predicted octanol–water partition coefficient (Wildman–Crippen LogP) is 10.1. The monoisotopic (exact) mass is 592 g/mol. The highest BCUT2D eigenvalue weighted by Gasteiger charge is 2.27. The largest absolute Gasteiger partial charge is 0.387 e. The fourth-order valence-electron chi connectivity index (χ4n) is 7.35. The molecule has 2 aromatic heterocycles. The maximum Gasteiger partial charge on any atom is 0.0572 e. The second kappa shape index (κ2) is 10.9. The number of allylic oxidation sites excluding steroid dienone is 6. The van der Waals surface area contributed by atoms with Gasteiger partial charge in [-0.1, -0.05) is 97.1 Å². The van der Waals surface area contributed by atoms with Crippen molar-refractivity contribution in [3.8, 4) is 0 Å².